The minimum absolute atomic E-state index is 0.126. The number of hydrogen-bond donors (Lipinski definition) is 1. The van der Waals surface area contributed by atoms with Gasteiger partial charge in [-0.2, -0.15) is 0 Å². The number of nitrogens with one attached hydrogen (secondary N) is 1. The Kier molecular flexibility index (Phi) is 3.99. The maximum atomic E-state index is 11.6. The maximum absolute atomic E-state index is 11.6. The van der Waals surface area contributed by atoms with Gasteiger partial charge in [0.15, 0.2) is 0 Å². The Morgan fingerprint density at radius 2 is 2.13 bits per heavy atom. The van der Waals surface area contributed by atoms with Crippen molar-refractivity contribution in [2.24, 2.45) is 0 Å². The van der Waals surface area contributed by atoms with Crippen molar-refractivity contribution in [3.63, 3.8) is 0 Å². The summed E-state index contributed by atoms with van der Waals surface area (Å²) < 4.78 is 25.7. The van der Waals surface area contributed by atoms with E-state index in [1.807, 2.05) is 6.92 Å². The van der Waals surface area contributed by atoms with Crippen LogP contribution in [0.3, 0.4) is 0 Å². The highest BCUT2D eigenvalue weighted by Gasteiger charge is 2.12. The minimum atomic E-state index is -3.46. The molecule has 0 atom stereocenters. The van der Waals surface area contributed by atoms with Gasteiger partial charge in [0.05, 0.1) is 4.90 Å². The van der Waals surface area contributed by atoms with Crippen molar-refractivity contribution in [2.45, 2.75) is 18.2 Å². The lowest BCUT2D eigenvalue weighted by Gasteiger charge is -2.05. The van der Waals surface area contributed by atoms with Crippen LogP contribution in [0.1, 0.15) is 23.7 Å². The fourth-order valence-corrected chi connectivity index (χ4v) is 2.26. The van der Waals surface area contributed by atoms with E-state index in [-0.39, 0.29) is 4.90 Å². The average Bonchev–Trinajstić information content (AvgIpc) is 2.26. The predicted octanol–water partition coefficient (Wildman–Crippen LogP) is 1.19. The van der Waals surface area contributed by atoms with Crippen LogP contribution >= 0.6 is 0 Å². The first-order chi connectivity index (χ1) is 7.10. The summed E-state index contributed by atoms with van der Waals surface area (Å²) >= 11 is 0. The first kappa shape index (κ1) is 11.9. The number of aldehydes is 1. The molecule has 0 spiro atoms. The highest BCUT2D eigenvalue weighted by Crippen LogP contribution is 2.09. The zero-order valence-electron chi connectivity index (χ0n) is 8.43. The highest BCUT2D eigenvalue weighted by molar-refractivity contribution is 7.89. The highest BCUT2D eigenvalue weighted by atomic mass is 32.2. The van der Waals surface area contributed by atoms with Crippen molar-refractivity contribution in [3.05, 3.63) is 29.8 Å². The Hall–Kier alpha value is -1.20. The second kappa shape index (κ2) is 5.04. The lowest BCUT2D eigenvalue weighted by molar-refractivity contribution is 0.112. The van der Waals surface area contributed by atoms with Crippen LogP contribution in [0.4, 0.5) is 0 Å². The van der Waals surface area contributed by atoms with Gasteiger partial charge in [0.1, 0.15) is 6.29 Å². The molecule has 1 aromatic carbocycles. The molecule has 0 aliphatic carbocycles. The lowest BCUT2D eigenvalue weighted by atomic mass is 10.2. The standard InChI is InChI=1S/C10H13NO3S/c1-2-6-11-15(13,14)10-5-3-4-9(7-10)8-12/h3-5,7-8,11H,2,6H2,1H3. The number of rotatable bonds is 5. The maximum Gasteiger partial charge on any atom is 0.240 e. The van der Waals surface area contributed by atoms with Crippen molar-refractivity contribution in [1.29, 1.82) is 0 Å². The van der Waals surface area contributed by atoms with E-state index < -0.39 is 10.0 Å². The van der Waals surface area contributed by atoms with Crippen LogP contribution in [0.15, 0.2) is 29.2 Å². The number of hydrogen-bond acceptors (Lipinski definition) is 3. The van der Waals surface area contributed by atoms with E-state index in [1.54, 1.807) is 12.1 Å². The molecule has 0 saturated carbocycles. The van der Waals surface area contributed by atoms with Gasteiger partial charge in [-0.1, -0.05) is 19.1 Å². The van der Waals surface area contributed by atoms with E-state index in [0.717, 1.165) is 6.42 Å². The molecule has 0 saturated heterocycles. The summed E-state index contributed by atoms with van der Waals surface area (Å²) in [5, 5.41) is 0. The van der Waals surface area contributed by atoms with E-state index in [4.69, 9.17) is 0 Å². The van der Waals surface area contributed by atoms with E-state index >= 15 is 0 Å². The number of carbonyl (C=O) groups is 1. The zero-order valence-corrected chi connectivity index (χ0v) is 9.25. The first-order valence-electron chi connectivity index (χ1n) is 4.65. The number of sulfonamides is 1. The molecular weight excluding hydrogens is 214 g/mol. The SMILES string of the molecule is CCCNS(=O)(=O)c1cccc(C=O)c1. The quantitative estimate of drug-likeness (QED) is 0.768. The van der Waals surface area contributed by atoms with Gasteiger partial charge in [0.25, 0.3) is 0 Å². The van der Waals surface area contributed by atoms with Crippen LogP contribution in [0.25, 0.3) is 0 Å². The van der Waals surface area contributed by atoms with Gasteiger partial charge in [0.2, 0.25) is 10.0 Å². The summed E-state index contributed by atoms with van der Waals surface area (Å²) in [6, 6.07) is 5.92. The molecule has 0 amide bonds. The van der Waals surface area contributed by atoms with Crippen LogP contribution < -0.4 is 4.72 Å². The summed E-state index contributed by atoms with van der Waals surface area (Å²) in [6.45, 7) is 2.28. The second-order valence-corrected chi connectivity index (χ2v) is 4.86. The Bertz CT molecular complexity index is 440. The summed E-state index contributed by atoms with van der Waals surface area (Å²) in [5.41, 5.74) is 0.356. The molecular formula is C10H13NO3S. The van der Waals surface area contributed by atoms with Gasteiger partial charge >= 0.3 is 0 Å². The van der Waals surface area contributed by atoms with Crippen LogP contribution in [0.5, 0.6) is 0 Å². The van der Waals surface area contributed by atoms with Gasteiger partial charge in [-0.3, -0.25) is 4.79 Å². The molecule has 1 rings (SSSR count). The average molecular weight is 227 g/mol. The Balaban J connectivity index is 2.99. The summed E-state index contributed by atoms with van der Waals surface area (Å²) in [7, 11) is -3.46. The molecule has 15 heavy (non-hydrogen) atoms. The summed E-state index contributed by atoms with van der Waals surface area (Å²) in [6.07, 6.45) is 1.35. The van der Waals surface area contributed by atoms with Crippen LogP contribution in [0, 0.1) is 0 Å². The van der Waals surface area contributed by atoms with Crippen molar-refractivity contribution < 1.29 is 13.2 Å². The Morgan fingerprint density at radius 3 is 2.73 bits per heavy atom. The third-order valence-electron chi connectivity index (χ3n) is 1.85. The molecule has 1 aromatic rings. The van der Waals surface area contributed by atoms with Crippen LogP contribution in [-0.2, 0) is 10.0 Å². The first-order valence-corrected chi connectivity index (χ1v) is 6.13. The van der Waals surface area contributed by atoms with Gasteiger partial charge in [0, 0.05) is 12.1 Å². The van der Waals surface area contributed by atoms with Gasteiger partial charge in [-0.15, -0.1) is 0 Å². The van der Waals surface area contributed by atoms with Crippen LogP contribution in [-0.4, -0.2) is 21.2 Å². The van der Waals surface area contributed by atoms with Crippen molar-refractivity contribution in [2.75, 3.05) is 6.54 Å². The van der Waals surface area contributed by atoms with Crippen molar-refractivity contribution >= 4 is 16.3 Å². The predicted molar refractivity (Wildman–Crippen MR) is 57.3 cm³/mol. The molecule has 1 N–H and O–H groups in total. The minimum Gasteiger partial charge on any atom is -0.298 e. The topological polar surface area (TPSA) is 63.2 Å². The van der Waals surface area contributed by atoms with Crippen molar-refractivity contribution in [1.82, 2.24) is 4.72 Å². The molecule has 0 aromatic heterocycles. The van der Waals surface area contributed by atoms with Gasteiger partial charge in [-0.05, 0) is 18.6 Å². The molecule has 0 radical (unpaired) electrons. The zero-order chi connectivity index (χ0) is 11.3. The molecule has 0 unspecified atom stereocenters. The molecule has 5 heteroatoms. The normalized spacial score (nSPS) is 11.3. The molecule has 0 aliphatic heterocycles. The Labute approximate surface area is 89.4 Å². The molecule has 0 bridgehead atoms. The smallest absolute Gasteiger partial charge is 0.240 e. The van der Waals surface area contributed by atoms with Gasteiger partial charge in [-0.25, -0.2) is 13.1 Å². The van der Waals surface area contributed by atoms with E-state index in [9.17, 15) is 13.2 Å². The Morgan fingerprint density at radius 1 is 1.40 bits per heavy atom. The van der Waals surface area contributed by atoms with Crippen LogP contribution in [0.2, 0.25) is 0 Å². The van der Waals surface area contributed by atoms with Crippen molar-refractivity contribution in [3.8, 4) is 0 Å². The molecule has 0 aliphatic rings. The third kappa shape index (κ3) is 3.14. The number of carbonyl (C=O) groups excluding carboxylic acids is 1. The molecule has 0 fully saturated rings. The fourth-order valence-electron chi connectivity index (χ4n) is 1.07. The van der Waals surface area contributed by atoms with Gasteiger partial charge < -0.3 is 0 Å². The largest absolute Gasteiger partial charge is 0.298 e. The van der Waals surface area contributed by atoms with E-state index in [2.05, 4.69) is 4.72 Å². The fraction of sp³-hybridized carbons (Fsp3) is 0.300. The van der Waals surface area contributed by atoms with E-state index in [0.29, 0.717) is 18.4 Å². The molecule has 82 valence electrons. The molecule has 0 heterocycles. The number of benzene rings is 1. The second-order valence-electron chi connectivity index (χ2n) is 3.09. The monoisotopic (exact) mass is 227 g/mol. The lowest BCUT2D eigenvalue weighted by Crippen LogP contribution is -2.24. The summed E-state index contributed by atoms with van der Waals surface area (Å²) in [4.78, 5) is 10.6. The van der Waals surface area contributed by atoms with E-state index in [1.165, 1.54) is 12.1 Å². The molecule has 4 nitrogen and oxygen atoms in total. The third-order valence-corrected chi connectivity index (χ3v) is 3.31. The summed E-state index contributed by atoms with van der Waals surface area (Å²) in [5.74, 6) is 0.